The summed E-state index contributed by atoms with van der Waals surface area (Å²) in [5, 5.41) is 2.95. The second kappa shape index (κ2) is 9.07. The third-order valence-corrected chi connectivity index (χ3v) is 4.69. The Bertz CT molecular complexity index is 726. The molecule has 0 saturated carbocycles. The monoisotopic (exact) mass is 356 g/mol. The SMILES string of the molecule is CC/C=C\C(C1=CN(NCC)C(C)C=C1)=C(/C)c1cc(Cl)ccc1C. The van der Waals surface area contributed by atoms with E-state index in [0.717, 1.165) is 18.0 Å². The van der Waals surface area contributed by atoms with Crippen molar-refractivity contribution in [1.29, 1.82) is 0 Å². The van der Waals surface area contributed by atoms with Gasteiger partial charge in [-0.3, -0.25) is 0 Å². The molecule has 0 radical (unpaired) electrons. The van der Waals surface area contributed by atoms with Crippen LogP contribution in [0.25, 0.3) is 5.57 Å². The van der Waals surface area contributed by atoms with Gasteiger partial charge in [0, 0.05) is 17.8 Å². The van der Waals surface area contributed by atoms with E-state index in [1.807, 2.05) is 6.07 Å². The van der Waals surface area contributed by atoms with Crippen molar-refractivity contribution in [3.8, 4) is 0 Å². The molecular weight excluding hydrogens is 328 g/mol. The molecule has 1 aromatic carbocycles. The Labute approximate surface area is 157 Å². The predicted octanol–water partition coefficient (Wildman–Crippen LogP) is 6.06. The van der Waals surface area contributed by atoms with Gasteiger partial charge in [-0.15, -0.1) is 0 Å². The molecule has 2 nitrogen and oxygen atoms in total. The van der Waals surface area contributed by atoms with Crippen molar-refractivity contribution in [2.75, 3.05) is 6.54 Å². The first-order valence-electron chi connectivity index (χ1n) is 9.04. The van der Waals surface area contributed by atoms with Crippen LogP contribution in [0, 0.1) is 6.92 Å². The lowest BCUT2D eigenvalue weighted by Gasteiger charge is -2.30. The summed E-state index contributed by atoms with van der Waals surface area (Å²) < 4.78 is 0. The standard InChI is InChI=1S/C22H29ClN2/c1-6-8-9-21(18(5)22-14-20(23)13-10-16(22)3)19-12-11-17(4)25(15-19)24-7-2/h8-15,17,24H,6-7H2,1-5H3/b9-8-,21-18-. The molecule has 0 amide bonds. The van der Waals surface area contributed by atoms with Gasteiger partial charge in [-0.25, -0.2) is 5.43 Å². The van der Waals surface area contributed by atoms with E-state index in [0.29, 0.717) is 6.04 Å². The van der Waals surface area contributed by atoms with Crippen molar-refractivity contribution >= 4 is 17.2 Å². The zero-order chi connectivity index (χ0) is 18.4. The van der Waals surface area contributed by atoms with Gasteiger partial charge in [0.25, 0.3) is 0 Å². The number of halogens is 1. The Balaban J connectivity index is 2.55. The number of nitrogens with zero attached hydrogens (tertiary/aromatic N) is 1. The van der Waals surface area contributed by atoms with Crippen LogP contribution in [0.5, 0.6) is 0 Å². The highest BCUT2D eigenvalue weighted by Crippen LogP contribution is 2.31. The molecule has 134 valence electrons. The topological polar surface area (TPSA) is 15.3 Å². The average Bonchev–Trinajstić information content (AvgIpc) is 2.60. The van der Waals surface area contributed by atoms with Gasteiger partial charge >= 0.3 is 0 Å². The van der Waals surface area contributed by atoms with Crippen LogP contribution in [0.3, 0.4) is 0 Å². The van der Waals surface area contributed by atoms with Gasteiger partial charge in [0.05, 0.1) is 6.04 Å². The summed E-state index contributed by atoms with van der Waals surface area (Å²) in [7, 11) is 0. The molecule has 25 heavy (non-hydrogen) atoms. The van der Waals surface area contributed by atoms with Crippen molar-refractivity contribution in [2.24, 2.45) is 0 Å². The summed E-state index contributed by atoms with van der Waals surface area (Å²) in [6.07, 6.45) is 12.1. The Morgan fingerprint density at radius 2 is 2.08 bits per heavy atom. The summed E-state index contributed by atoms with van der Waals surface area (Å²) in [5.74, 6) is 0. The minimum Gasteiger partial charge on any atom is -0.308 e. The van der Waals surface area contributed by atoms with Gasteiger partial charge in [-0.05, 0) is 67.2 Å². The number of nitrogens with one attached hydrogen (secondary N) is 1. The summed E-state index contributed by atoms with van der Waals surface area (Å²) in [5.41, 5.74) is 9.54. The second-order valence-electron chi connectivity index (χ2n) is 6.41. The van der Waals surface area contributed by atoms with E-state index in [1.54, 1.807) is 0 Å². The molecule has 1 unspecified atom stereocenters. The molecule has 0 fully saturated rings. The summed E-state index contributed by atoms with van der Waals surface area (Å²) in [6.45, 7) is 11.7. The minimum absolute atomic E-state index is 0.341. The van der Waals surface area contributed by atoms with E-state index in [9.17, 15) is 0 Å². The lowest BCUT2D eigenvalue weighted by Crippen LogP contribution is -2.40. The molecule has 1 aliphatic rings. The first-order valence-corrected chi connectivity index (χ1v) is 9.41. The minimum atomic E-state index is 0.341. The Hall–Kier alpha value is -1.77. The third kappa shape index (κ3) is 4.87. The van der Waals surface area contributed by atoms with E-state index >= 15 is 0 Å². The molecule has 1 heterocycles. The molecule has 1 atom stereocenters. The second-order valence-corrected chi connectivity index (χ2v) is 6.85. The van der Waals surface area contributed by atoms with Crippen LogP contribution in [0.15, 0.2) is 59.8 Å². The molecule has 1 aromatic rings. The van der Waals surface area contributed by atoms with Gasteiger partial charge in [-0.2, -0.15) is 0 Å². The van der Waals surface area contributed by atoms with Crippen molar-refractivity contribution < 1.29 is 0 Å². The van der Waals surface area contributed by atoms with Gasteiger partial charge in [-0.1, -0.05) is 55.8 Å². The molecule has 0 aliphatic carbocycles. The van der Waals surface area contributed by atoms with Crippen molar-refractivity contribution in [3.63, 3.8) is 0 Å². The lowest BCUT2D eigenvalue weighted by molar-refractivity contribution is 0.240. The van der Waals surface area contributed by atoms with Crippen LogP contribution in [0.2, 0.25) is 5.02 Å². The third-order valence-electron chi connectivity index (χ3n) is 4.45. The van der Waals surface area contributed by atoms with E-state index in [-0.39, 0.29) is 0 Å². The molecule has 3 heteroatoms. The van der Waals surface area contributed by atoms with Crippen LogP contribution >= 0.6 is 11.6 Å². The molecule has 0 saturated heterocycles. The largest absolute Gasteiger partial charge is 0.308 e. The Morgan fingerprint density at radius 1 is 1.32 bits per heavy atom. The molecule has 1 N–H and O–H groups in total. The Kier molecular flexibility index (Phi) is 7.10. The average molecular weight is 357 g/mol. The van der Waals surface area contributed by atoms with Crippen LogP contribution in [-0.4, -0.2) is 17.6 Å². The normalized spacial score (nSPS) is 18.6. The number of hydrogen-bond acceptors (Lipinski definition) is 2. The molecule has 1 aliphatic heterocycles. The van der Waals surface area contributed by atoms with Gasteiger partial charge < -0.3 is 5.01 Å². The van der Waals surface area contributed by atoms with Gasteiger partial charge in [0.2, 0.25) is 0 Å². The van der Waals surface area contributed by atoms with Gasteiger partial charge in [0.1, 0.15) is 0 Å². The molecule has 0 bridgehead atoms. The van der Waals surface area contributed by atoms with Gasteiger partial charge in [0.15, 0.2) is 0 Å². The smallest absolute Gasteiger partial charge is 0.0603 e. The number of aryl methyl sites for hydroxylation is 1. The van der Waals surface area contributed by atoms with Crippen LogP contribution in [-0.2, 0) is 0 Å². The van der Waals surface area contributed by atoms with Crippen LogP contribution in [0.1, 0.15) is 45.2 Å². The number of allylic oxidation sites excluding steroid dienone is 6. The maximum atomic E-state index is 6.25. The number of hydrogen-bond donors (Lipinski definition) is 1. The molecular formula is C22H29ClN2. The van der Waals surface area contributed by atoms with Crippen LogP contribution < -0.4 is 5.43 Å². The first-order chi connectivity index (χ1) is 12.0. The highest BCUT2D eigenvalue weighted by molar-refractivity contribution is 6.30. The molecule has 0 spiro atoms. The zero-order valence-electron chi connectivity index (χ0n) is 15.9. The molecule has 2 rings (SSSR count). The predicted molar refractivity (Wildman–Crippen MR) is 110 cm³/mol. The fraction of sp³-hybridized carbons (Fsp3) is 0.364. The Morgan fingerprint density at radius 3 is 2.76 bits per heavy atom. The van der Waals surface area contributed by atoms with Crippen molar-refractivity contribution in [3.05, 3.63) is 76.0 Å². The summed E-state index contributed by atoms with van der Waals surface area (Å²) >= 11 is 6.25. The number of hydrazine groups is 1. The summed E-state index contributed by atoms with van der Waals surface area (Å²) in [6, 6.07) is 6.43. The molecule has 0 aromatic heterocycles. The van der Waals surface area contributed by atoms with Crippen molar-refractivity contribution in [2.45, 2.75) is 47.1 Å². The first kappa shape index (κ1) is 19.6. The zero-order valence-corrected chi connectivity index (χ0v) is 16.7. The fourth-order valence-corrected chi connectivity index (χ4v) is 3.17. The van der Waals surface area contributed by atoms with Crippen molar-refractivity contribution in [1.82, 2.24) is 10.4 Å². The van der Waals surface area contributed by atoms with E-state index in [2.05, 4.69) is 87.7 Å². The highest BCUT2D eigenvalue weighted by Gasteiger charge is 2.16. The maximum Gasteiger partial charge on any atom is 0.0603 e. The highest BCUT2D eigenvalue weighted by atomic mass is 35.5. The summed E-state index contributed by atoms with van der Waals surface area (Å²) in [4.78, 5) is 0. The maximum absolute atomic E-state index is 6.25. The number of rotatable bonds is 6. The quantitative estimate of drug-likeness (QED) is 0.623. The van der Waals surface area contributed by atoms with Crippen LogP contribution in [0.4, 0.5) is 0 Å². The fourth-order valence-electron chi connectivity index (χ4n) is 2.99. The number of benzene rings is 1. The van der Waals surface area contributed by atoms with E-state index in [4.69, 9.17) is 11.6 Å². The van der Waals surface area contributed by atoms with E-state index in [1.165, 1.54) is 27.8 Å². The lowest BCUT2D eigenvalue weighted by atomic mass is 9.91. The van der Waals surface area contributed by atoms with E-state index < -0.39 is 0 Å².